The summed E-state index contributed by atoms with van der Waals surface area (Å²) >= 11 is 0. The van der Waals surface area contributed by atoms with E-state index in [0.717, 1.165) is 5.69 Å². The van der Waals surface area contributed by atoms with Crippen molar-refractivity contribution >= 4 is 0 Å². The van der Waals surface area contributed by atoms with E-state index in [-0.39, 0.29) is 12.1 Å². The number of H-pyrrole nitrogens is 1. The number of rotatable bonds is 4. The number of aromatic amines is 1. The largest absolute Gasteiger partial charge is 0.302 e. The average molecular weight is 233 g/mol. The zero-order chi connectivity index (χ0) is 12.4. The molecule has 2 unspecified atom stereocenters. The number of hydrogen-bond acceptors (Lipinski definition) is 3. The molecule has 5 nitrogen and oxygen atoms in total. The zero-order valence-electron chi connectivity index (χ0n) is 10.7. The van der Waals surface area contributed by atoms with Crippen molar-refractivity contribution in [2.24, 2.45) is 7.05 Å². The molecule has 17 heavy (non-hydrogen) atoms. The van der Waals surface area contributed by atoms with Crippen molar-refractivity contribution in [1.29, 1.82) is 0 Å². The van der Waals surface area contributed by atoms with Gasteiger partial charge in [-0.25, -0.2) is 0 Å². The number of nitrogens with zero attached hydrogens (tertiary/aromatic N) is 3. The van der Waals surface area contributed by atoms with Crippen LogP contribution in [0.15, 0.2) is 18.5 Å². The lowest BCUT2D eigenvalue weighted by Gasteiger charge is -2.18. The van der Waals surface area contributed by atoms with Crippen LogP contribution in [0.25, 0.3) is 0 Å². The molecule has 2 aromatic heterocycles. The lowest BCUT2D eigenvalue weighted by Crippen LogP contribution is -2.23. The first-order valence-corrected chi connectivity index (χ1v) is 5.83. The molecule has 2 N–H and O–H groups in total. The summed E-state index contributed by atoms with van der Waals surface area (Å²) in [6, 6.07) is 2.50. The van der Waals surface area contributed by atoms with E-state index in [1.165, 1.54) is 11.3 Å². The van der Waals surface area contributed by atoms with Crippen LogP contribution in [0, 0.1) is 6.92 Å². The van der Waals surface area contributed by atoms with Crippen molar-refractivity contribution in [3.05, 3.63) is 35.4 Å². The van der Waals surface area contributed by atoms with Crippen LogP contribution in [0.3, 0.4) is 0 Å². The SMILES string of the molecule is Cc1c(C(C)NC(C)c2ccn[nH]2)cnn1C. The van der Waals surface area contributed by atoms with Crippen LogP contribution in [-0.2, 0) is 7.05 Å². The van der Waals surface area contributed by atoms with Gasteiger partial charge in [0.25, 0.3) is 0 Å². The molecule has 92 valence electrons. The predicted molar refractivity (Wildman–Crippen MR) is 66.5 cm³/mol. The van der Waals surface area contributed by atoms with Gasteiger partial charge < -0.3 is 5.32 Å². The van der Waals surface area contributed by atoms with Crippen LogP contribution >= 0.6 is 0 Å². The maximum Gasteiger partial charge on any atom is 0.0540 e. The highest BCUT2D eigenvalue weighted by atomic mass is 15.3. The Morgan fingerprint density at radius 3 is 2.65 bits per heavy atom. The molecule has 0 amide bonds. The Labute approximate surface area is 101 Å². The van der Waals surface area contributed by atoms with E-state index in [1.807, 2.05) is 24.0 Å². The van der Waals surface area contributed by atoms with Crippen molar-refractivity contribution in [3.8, 4) is 0 Å². The smallest absolute Gasteiger partial charge is 0.0540 e. The molecular formula is C12H19N5. The minimum Gasteiger partial charge on any atom is -0.302 e. The maximum atomic E-state index is 4.26. The molecule has 0 spiro atoms. The number of nitrogens with one attached hydrogen (secondary N) is 2. The molecule has 0 aromatic carbocycles. The lowest BCUT2D eigenvalue weighted by atomic mass is 10.1. The molecule has 0 fully saturated rings. The van der Waals surface area contributed by atoms with Crippen molar-refractivity contribution < 1.29 is 0 Å². The molecule has 0 saturated heterocycles. The Hall–Kier alpha value is -1.62. The molecule has 0 aliphatic rings. The summed E-state index contributed by atoms with van der Waals surface area (Å²) in [4.78, 5) is 0. The van der Waals surface area contributed by atoms with Crippen molar-refractivity contribution in [2.75, 3.05) is 0 Å². The van der Waals surface area contributed by atoms with Gasteiger partial charge >= 0.3 is 0 Å². The van der Waals surface area contributed by atoms with E-state index in [1.54, 1.807) is 6.20 Å². The summed E-state index contributed by atoms with van der Waals surface area (Å²) in [5.74, 6) is 0. The van der Waals surface area contributed by atoms with Gasteiger partial charge in [-0.2, -0.15) is 10.2 Å². The summed E-state index contributed by atoms with van der Waals surface area (Å²) < 4.78 is 1.90. The lowest BCUT2D eigenvalue weighted by molar-refractivity contribution is 0.483. The van der Waals surface area contributed by atoms with Crippen LogP contribution in [0.1, 0.15) is 42.9 Å². The Balaban J connectivity index is 2.07. The van der Waals surface area contributed by atoms with Crippen LogP contribution in [0.4, 0.5) is 0 Å². The molecule has 0 aliphatic heterocycles. The Bertz CT molecular complexity index is 471. The second-order valence-corrected chi connectivity index (χ2v) is 4.43. The van der Waals surface area contributed by atoms with Gasteiger partial charge in [0, 0.05) is 36.6 Å². The molecule has 2 heterocycles. The molecule has 2 rings (SSSR count). The van der Waals surface area contributed by atoms with Gasteiger partial charge in [0.2, 0.25) is 0 Å². The van der Waals surface area contributed by atoms with Gasteiger partial charge in [0.05, 0.1) is 11.9 Å². The van der Waals surface area contributed by atoms with Crippen LogP contribution in [0.5, 0.6) is 0 Å². The standard InChI is InChI=1S/C12H19N5/c1-8(11-7-14-17(4)10(11)3)15-9(2)12-5-6-13-16-12/h5-9,15H,1-4H3,(H,13,16). The molecule has 2 aromatic rings. The predicted octanol–water partition coefficient (Wildman–Crippen LogP) is 1.86. The third kappa shape index (κ3) is 2.39. The first-order valence-electron chi connectivity index (χ1n) is 5.83. The molecule has 0 saturated carbocycles. The molecular weight excluding hydrogens is 214 g/mol. The number of hydrogen-bond donors (Lipinski definition) is 2. The third-order valence-electron chi connectivity index (χ3n) is 3.23. The Morgan fingerprint density at radius 2 is 2.12 bits per heavy atom. The Kier molecular flexibility index (Phi) is 3.28. The minimum atomic E-state index is 0.243. The number of aromatic nitrogens is 4. The highest BCUT2D eigenvalue weighted by Crippen LogP contribution is 2.20. The molecule has 0 radical (unpaired) electrons. The topological polar surface area (TPSA) is 58.5 Å². The van der Waals surface area contributed by atoms with E-state index < -0.39 is 0 Å². The van der Waals surface area contributed by atoms with E-state index in [4.69, 9.17) is 0 Å². The van der Waals surface area contributed by atoms with Crippen molar-refractivity contribution in [1.82, 2.24) is 25.3 Å². The fraction of sp³-hybridized carbons (Fsp3) is 0.500. The van der Waals surface area contributed by atoms with Gasteiger partial charge in [0.1, 0.15) is 0 Å². The van der Waals surface area contributed by atoms with E-state index in [9.17, 15) is 0 Å². The van der Waals surface area contributed by atoms with Crippen LogP contribution < -0.4 is 5.32 Å². The van der Waals surface area contributed by atoms with Gasteiger partial charge in [-0.15, -0.1) is 0 Å². The number of aryl methyl sites for hydroxylation is 1. The summed E-state index contributed by atoms with van der Waals surface area (Å²) in [5, 5.41) is 14.7. The normalized spacial score (nSPS) is 14.8. The zero-order valence-corrected chi connectivity index (χ0v) is 10.7. The van der Waals surface area contributed by atoms with Gasteiger partial charge in [-0.1, -0.05) is 0 Å². The van der Waals surface area contributed by atoms with Crippen LogP contribution in [-0.4, -0.2) is 20.0 Å². The maximum absolute atomic E-state index is 4.26. The minimum absolute atomic E-state index is 0.243. The fourth-order valence-corrected chi connectivity index (χ4v) is 2.00. The average Bonchev–Trinajstić information content (AvgIpc) is 2.90. The second-order valence-electron chi connectivity index (χ2n) is 4.43. The van der Waals surface area contributed by atoms with Crippen molar-refractivity contribution in [2.45, 2.75) is 32.9 Å². The first-order chi connectivity index (χ1) is 8.09. The summed E-state index contributed by atoms with van der Waals surface area (Å²) in [5.41, 5.74) is 3.53. The van der Waals surface area contributed by atoms with Crippen LogP contribution in [0.2, 0.25) is 0 Å². The molecule has 2 atom stereocenters. The van der Waals surface area contributed by atoms with Crippen molar-refractivity contribution in [3.63, 3.8) is 0 Å². The summed E-state index contributed by atoms with van der Waals surface area (Å²) in [7, 11) is 1.96. The highest BCUT2D eigenvalue weighted by Gasteiger charge is 2.15. The monoisotopic (exact) mass is 233 g/mol. The summed E-state index contributed by atoms with van der Waals surface area (Å²) in [6.45, 7) is 6.36. The Morgan fingerprint density at radius 1 is 1.35 bits per heavy atom. The highest BCUT2D eigenvalue weighted by molar-refractivity contribution is 5.20. The fourth-order valence-electron chi connectivity index (χ4n) is 2.00. The molecule has 0 aliphatic carbocycles. The van der Waals surface area contributed by atoms with E-state index in [2.05, 4.69) is 41.4 Å². The van der Waals surface area contributed by atoms with E-state index in [0.29, 0.717) is 0 Å². The van der Waals surface area contributed by atoms with Gasteiger partial charge in [-0.3, -0.25) is 9.78 Å². The third-order valence-corrected chi connectivity index (χ3v) is 3.23. The summed E-state index contributed by atoms with van der Waals surface area (Å²) in [6.07, 6.45) is 3.69. The molecule has 5 heteroatoms. The second kappa shape index (κ2) is 4.71. The quantitative estimate of drug-likeness (QED) is 0.847. The first kappa shape index (κ1) is 11.9. The molecule has 0 bridgehead atoms. The van der Waals surface area contributed by atoms with E-state index >= 15 is 0 Å². The van der Waals surface area contributed by atoms with Gasteiger partial charge in [-0.05, 0) is 26.8 Å². The van der Waals surface area contributed by atoms with Gasteiger partial charge in [0.15, 0.2) is 0 Å².